The summed E-state index contributed by atoms with van der Waals surface area (Å²) < 4.78 is 0. The number of hydrogen-bond donors (Lipinski definition) is 1. The Balaban J connectivity index is 1.59. The van der Waals surface area contributed by atoms with Gasteiger partial charge < -0.3 is 10.2 Å². The highest BCUT2D eigenvalue weighted by Crippen LogP contribution is 2.22. The number of hydrogen-bond acceptors (Lipinski definition) is 3. The molecule has 0 radical (unpaired) electrons. The van der Waals surface area contributed by atoms with Crippen molar-refractivity contribution in [2.24, 2.45) is 0 Å². The number of amides is 1. The van der Waals surface area contributed by atoms with Crippen LogP contribution in [0.3, 0.4) is 0 Å². The molecule has 2 heterocycles. The van der Waals surface area contributed by atoms with E-state index in [1.165, 1.54) is 24.1 Å². The molecule has 0 atom stereocenters. The lowest BCUT2D eigenvalue weighted by Gasteiger charge is -2.17. The minimum atomic E-state index is -0.161. The van der Waals surface area contributed by atoms with E-state index in [4.69, 9.17) is 0 Å². The first kappa shape index (κ1) is 16.5. The highest BCUT2D eigenvalue weighted by molar-refractivity contribution is 6.02. The number of carbonyl (C=O) groups excluding carboxylic acids is 1. The van der Waals surface area contributed by atoms with Crippen LogP contribution in [0.4, 0.5) is 11.4 Å². The van der Waals surface area contributed by atoms with Crippen LogP contribution in [0.25, 0.3) is 0 Å². The molecule has 4 nitrogen and oxygen atoms in total. The van der Waals surface area contributed by atoms with E-state index >= 15 is 0 Å². The normalized spacial score (nSPS) is 14.0. The van der Waals surface area contributed by atoms with Crippen molar-refractivity contribution in [2.45, 2.75) is 39.0 Å². The van der Waals surface area contributed by atoms with Crippen LogP contribution in [0.15, 0.2) is 42.6 Å². The van der Waals surface area contributed by atoms with Crippen LogP contribution < -0.4 is 10.2 Å². The molecule has 1 aliphatic rings. The molecule has 0 saturated carbocycles. The van der Waals surface area contributed by atoms with Crippen LogP contribution in [0.2, 0.25) is 0 Å². The first-order valence-corrected chi connectivity index (χ1v) is 8.87. The monoisotopic (exact) mass is 323 g/mol. The summed E-state index contributed by atoms with van der Waals surface area (Å²) in [6.45, 7) is 4.42. The van der Waals surface area contributed by atoms with Crippen molar-refractivity contribution in [3.63, 3.8) is 0 Å². The summed E-state index contributed by atoms with van der Waals surface area (Å²) in [5.41, 5.74) is 3.67. The Labute approximate surface area is 143 Å². The molecule has 1 amide bonds. The van der Waals surface area contributed by atoms with Gasteiger partial charge in [-0.15, -0.1) is 0 Å². The van der Waals surface area contributed by atoms with Crippen LogP contribution in [0.5, 0.6) is 0 Å². The Morgan fingerprint density at radius 3 is 2.50 bits per heavy atom. The van der Waals surface area contributed by atoms with Gasteiger partial charge in [0, 0.05) is 30.7 Å². The first-order chi connectivity index (χ1) is 11.8. The number of nitrogens with one attached hydrogen (secondary N) is 1. The number of unbranched alkanes of at least 4 members (excludes halogenated alkanes) is 1. The van der Waals surface area contributed by atoms with Crippen molar-refractivity contribution in [3.8, 4) is 0 Å². The molecule has 1 fully saturated rings. The maximum atomic E-state index is 12.3. The smallest absolute Gasteiger partial charge is 0.274 e. The molecule has 1 saturated heterocycles. The quantitative estimate of drug-likeness (QED) is 0.863. The van der Waals surface area contributed by atoms with Crippen LogP contribution in [0, 0.1) is 0 Å². The van der Waals surface area contributed by atoms with Gasteiger partial charge in [-0.1, -0.05) is 19.4 Å². The second-order valence-electron chi connectivity index (χ2n) is 6.35. The molecule has 2 aromatic rings. The van der Waals surface area contributed by atoms with Gasteiger partial charge in [0.25, 0.3) is 5.91 Å². The van der Waals surface area contributed by atoms with Gasteiger partial charge in [0.15, 0.2) is 0 Å². The topological polar surface area (TPSA) is 45.2 Å². The third-order valence-corrected chi connectivity index (χ3v) is 4.47. The van der Waals surface area contributed by atoms with Crippen molar-refractivity contribution in [3.05, 3.63) is 53.9 Å². The molecule has 1 aromatic heterocycles. The maximum Gasteiger partial charge on any atom is 0.274 e. The lowest BCUT2D eigenvalue weighted by molar-refractivity contribution is 0.102. The third-order valence-electron chi connectivity index (χ3n) is 4.47. The zero-order chi connectivity index (χ0) is 16.8. The molecule has 1 N–H and O–H groups in total. The molecule has 24 heavy (non-hydrogen) atoms. The fourth-order valence-corrected chi connectivity index (χ4v) is 3.01. The summed E-state index contributed by atoms with van der Waals surface area (Å²) in [7, 11) is 0. The number of aromatic nitrogens is 1. The Morgan fingerprint density at radius 2 is 1.88 bits per heavy atom. The molecule has 1 aromatic carbocycles. The van der Waals surface area contributed by atoms with E-state index in [1.54, 1.807) is 12.3 Å². The van der Waals surface area contributed by atoms with Gasteiger partial charge in [-0.05, 0) is 61.6 Å². The summed E-state index contributed by atoms with van der Waals surface area (Å²) in [5, 5.41) is 2.92. The molecular weight excluding hydrogens is 298 g/mol. The summed E-state index contributed by atoms with van der Waals surface area (Å²) in [4.78, 5) is 19.0. The van der Waals surface area contributed by atoms with Gasteiger partial charge in [-0.3, -0.25) is 9.78 Å². The number of anilines is 2. The minimum absolute atomic E-state index is 0.161. The molecule has 0 unspecified atom stereocenters. The number of aryl methyl sites for hydroxylation is 1. The average molecular weight is 323 g/mol. The SMILES string of the molecule is CCCCc1ccc(C(=O)Nc2ccc(N3CCCC3)cc2)nc1. The van der Waals surface area contributed by atoms with Crippen molar-refractivity contribution >= 4 is 17.3 Å². The summed E-state index contributed by atoms with van der Waals surface area (Å²) in [5.74, 6) is -0.161. The van der Waals surface area contributed by atoms with Gasteiger partial charge in [0.1, 0.15) is 5.69 Å². The van der Waals surface area contributed by atoms with E-state index in [2.05, 4.69) is 34.3 Å². The second kappa shape index (κ2) is 7.95. The number of carbonyl (C=O) groups is 1. The molecule has 4 heteroatoms. The van der Waals surface area contributed by atoms with E-state index in [9.17, 15) is 4.79 Å². The summed E-state index contributed by atoms with van der Waals surface area (Å²) >= 11 is 0. The lowest BCUT2D eigenvalue weighted by atomic mass is 10.1. The van der Waals surface area contributed by atoms with Gasteiger partial charge in [-0.25, -0.2) is 0 Å². The molecule has 0 aliphatic carbocycles. The average Bonchev–Trinajstić information content (AvgIpc) is 3.15. The number of benzene rings is 1. The number of nitrogens with zero attached hydrogens (tertiary/aromatic N) is 2. The van der Waals surface area contributed by atoms with E-state index in [-0.39, 0.29) is 5.91 Å². The predicted molar refractivity (Wildman–Crippen MR) is 98.7 cm³/mol. The molecular formula is C20H25N3O. The second-order valence-corrected chi connectivity index (χ2v) is 6.35. The van der Waals surface area contributed by atoms with Crippen molar-refractivity contribution in [1.82, 2.24) is 4.98 Å². The van der Waals surface area contributed by atoms with Crippen LogP contribution in [-0.2, 0) is 6.42 Å². The van der Waals surface area contributed by atoms with Crippen molar-refractivity contribution < 1.29 is 4.79 Å². The molecule has 126 valence electrons. The molecule has 1 aliphatic heterocycles. The Kier molecular flexibility index (Phi) is 5.47. The Bertz CT molecular complexity index is 658. The van der Waals surface area contributed by atoms with Crippen LogP contribution >= 0.6 is 0 Å². The molecule has 3 rings (SSSR count). The van der Waals surface area contributed by atoms with Gasteiger partial charge in [0.2, 0.25) is 0 Å². The maximum absolute atomic E-state index is 12.3. The molecule has 0 bridgehead atoms. The summed E-state index contributed by atoms with van der Waals surface area (Å²) in [6.07, 6.45) is 7.66. The Morgan fingerprint density at radius 1 is 1.12 bits per heavy atom. The van der Waals surface area contributed by atoms with Gasteiger partial charge in [0.05, 0.1) is 0 Å². The predicted octanol–water partition coefficient (Wildman–Crippen LogP) is 4.28. The zero-order valence-electron chi connectivity index (χ0n) is 14.3. The fourth-order valence-electron chi connectivity index (χ4n) is 3.01. The standard InChI is InChI=1S/C20H25N3O/c1-2-3-6-16-7-12-19(21-15-16)20(24)22-17-8-10-18(11-9-17)23-13-4-5-14-23/h7-12,15H,2-6,13-14H2,1H3,(H,22,24). The first-order valence-electron chi connectivity index (χ1n) is 8.87. The Hall–Kier alpha value is -2.36. The van der Waals surface area contributed by atoms with Gasteiger partial charge >= 0.3 is 0 Å². The largest absolute Gasteiger partial charge is 0.372 e. The highest BCUT2D eigenvalue weighted by Gasteiger charge is 2.12. The third kappa shape index (κ3) is 4.13. The van der Waals surface area contributed by atoms with Crippen LogP contribution in [0.1, 0.15) is 48.7 Å². The van der Waals surface area contributed by atoms with Gasteiger partial charge in [-0.2, -0.15) is 0 Å². The van der Waals surface area contributed by atoms with E-state index in [0.29, 0.717) is 5.69 Å². The van der Waals surface area contributed by atoms with E-state index < -0.39 is 0 Å². The lowest BCUT2D eigenvalue weighted by Crippen LogP contribution is -2.17. The van der Waals surface area contributed by atoms with Crippen LogP contribution in [-0.4, -0.2) is 24.0 Å². The van der Waals surface area contributed by atoms with E-state index in [0.717, 1.165) is 38.0 Å². The fraction of sp³-hybridized carbons (Fsp3) is 0.400. The zero-order valence-corrected chi connectivity index (χ0v) is 14.3. The van der Waals surface area contributed by atoms with E-state index in [1.807, 2.05) is 18.2 Å². The van der Waals surface area contributed by atoms with Crippen molar-refractivity contribution in [2.75, 3.05) is 23.3 Å². The molecule has 0 spiro atoms. The summed E-state index contributed by atoms with van der Waals surface area (Å²) in [6, 6.07) is 11.9. The van der Waals surface area contributed by atoms with Crippen molar-refractivity contribution in [1.29, 1.82) is 0 Å². The number of rotatable bonds is 6. The number of pyridine rings is 1. The highest BCUT2D eigenvalue weighted by atomic mass is 16.1. The minimum Gasteiger partial charge on any atom is -0.372 e.